The van der Waals surface area contributed by atoms with Gasteiger partial charge in [-0.05, 0) is 12.1 Å². The van der Waals surface area contributed by atoms with Crippen molar-refractivity contribution in [2.75, 3.05) is 5.32 Å². The number of H-pyrrole nitrogens is 2. The summed E-state index contributed by atoms with van der Waals surface area (Å²) in [6.45, 7) is 0.0150. The summed E-state index contributed by atoms with van der Waals surface area (Å²) in [7, 11) is 0. The van der Waals surface area contributed by atoms with E-state index in [0.29, 0.717) is 5.56 Å². The van der Waals surface area contributed by atoms with Gasteiger partial charge in [-0.15, -0.1) is 17.0 Å². The van der Waals surface area contributed by atoms with Crippen molar-refractivity contribution in [2.24, 2.45) is 0 Å². The topological polar surface area (TPSA) is 121 Å². The standard InChI is InChI=1S/C15H11FN4O4.BrH/c16-10-3-1-2-4-11(10)17-7-8-5-9(20(23)24)6-12-13(8)19-15(22)14(21)18-12;/h1-6,17H,7H2,(H,18,21)(H,19,22);1H. The molecule has 0 amide bonds. The first kappa shape index (κ1) is 18.3. The SMILES string of the molecule is Br.O=c1[nH]c2cc([N+](=O)[O-])cc(CNc3ccccc3F)c2[nH]c1=O. The first-order chi connectivity index (χ1) is 11.5. The Labute approximate surface area is 149 Å². The third kappa shape index (κ3) is 3.74. The Bertz CT molecular complexity index is 1060. The van der Waals surface area contributed by atoms with Crippen LogP contribution >= 0.6 is 17.0 Å². The lowest BCUT2D eigenvalue weighted by molar-refractivity contribution is -0.384. The van der Waals surface area contributed by atoms with E-state index in [0.717, 1.165) is 6.07 Å². The second-order valence-corrected chi connectivity index (χ2v) is 5.03. The van der Waals surface area contributed by atoms with Crippen LogP contribution in [0, 0.1) is 15.9 Å². The summed E-state index contributed by atoms with van der Waals surface area (Å²) in [5, 5.41) is 13.8. The zero-order chi connectivity index (χ0) is 17.3. The number of nitrogens with one attached hydrogen (secondary N) is 3. The van der Waals surface area contributed by atoms with Crippen molar-refractivity contribution in [3.05, 3.63) is 78.6 Å². The van der Waals surface area contributed by atoms with E-state index in [2.05, 4.69) is 15.3 Å². The van der Waals surface area contributed by atoms with Crippen LogP contribution in [-0.2, 0) is 6.54 Å². The van der Waals surface area contributed by atoms with Gasteiger partial charge in [0.1, 0.15) is 5.82 Å². The number of aromatic amines is 2. The fraction of sp³-hybridized carbons (Fsp3) is 0.0667. The number of rotatable bonds is 4. The number of hydrogen-bond donors (Lipinski definition) is 3. The van der Waals surface area contributed by atoms with Crippen molar-refractivity contribution in [1.29, 1.82) is 0 Å². The number of aromatic nitrogens is 2. The molecule has 8 nitrogen and oxygen atoms in total. The number of hydrogen-bond acceptors (Lipinski definition) is 5. The average molecular weight is 411 g/mol. The van der Waals surface area contributed by atoms with Crippen molar-refractivity contribution in [1.82, 2.24) is 9.97 Å². The summed E-state index contributed by atoms with van der Waals surface area (Å²) in [4.78, 5) is 38.0. The predicted octanol–water partition coefficient (Wildman–Crippen LogP) is 2.45. The fourth-order valence-electron chi connectivity index (χ4n) is 2.32. The first-order valence-corrected chi connectivity index (χ1v) is 6.88. The summed E-state index contributed by atoms with van der Waals surface area (Å²) < 4.78 is 13.7. The van der Waals surface area contributed by atoms with E-state index in [1.54, 1.807) is 6.07 Å². The van der Waals surface area contributed by atoms with E-state index in [1.807, 2.05) is 0 Å². The number of nitrogens with zero attached hydrogens (tertiary/aromatic N) is 1. The molecule has 1 aromatic heterocycles. The number of para-hydroxylation sites is 1. The van der Waals surface area contributed by atoms with E-state index < -0.39 is 21.9 Å². The van der Waals surface area contributed by atoms with Crippen LogP contribution in [0.5, 0.6) is 0 Å². The molecule has 0 radical (unpaired) electrons. The van der Waals surface area contributed by atoms with Crippen LogP contribution in [0.4, 0.5) is 15.8 Å². The van der Waals surface area contributed by atoms with Gasteiger partial charge in [0, 0.05) is 24.2 Å². The minimum absolute atomic E-state index is 0. The number of fused-ring (bicyclic) bond motifs is 1. The van der Waals surface area contributed by atoms with Crippen molar-refractivity contribution in [3.63, 3.8) is 0 Å². The molecule has 0 aliphatic rings. The fourth-order valence-corrected chi connectivity index (χ4v) is 2.32. The van der Waals surface area contributed by atoms with Gasteiger partial charge in [-0.3, -0.25) is 19.7 Å². The Balaban J connectivity index is 0.00000225. The number of non-ortho nitro benzene ring substituents is 1. The Hall–Kier alpha value is -3.01. The number of nitro benzene ring substituents is 1. The van der Waals surface area contributed by atoms with Gasteiger partial charge in [0.15, 0.2) is 0 Å². The average Bonchev–Trinajstić information content (AvgIpc) is 2.55. The van der Waals surface area contributed by atoms with Crippen LogP contribution in [0.3, 0.4) is 0 Å². The van der Waals surface area contributed by atoms with Gasteiger partial charge in [0.2, 0.25) is 0 Å². The first-order valence-electron chi connectivity index (χ1n) is 6.88. The summed E-state index contributed by atoms with van der Waals surface area (Å²) in [5.41, 5.74) is -1.11. The lowest BCUT2D eigenvalue weighted by atomic mass is 10.1. The van der Waals surface area contributed by atoms with Gasteiger partial charge in [0.05, 0.1) is 21.6 Å². The molecule has 2 aromatic carbocycles. The molecule has 25 heavy (non-hydrogen) atoms. The van der Waals surface area contributed by atoms with Crippen molar-refractivity contribution in [3.8, 4) is 0 Å². The quantitative estimate of drug-likeness (QED) is 0.346. The van der Waals surface area contributed by atoms with E-state index in [9.17, 15) is 24.1 Å². The molecule has 0 unspecified atom stereocenters. The van der Waals surface area contributed by atoms with Gasteiger partial charge in [-0.2, -0.15) is 0 Å². The van der Waals surface area contributed by atoms with E-state index in [1.165, 1.54) is 24.3 Å². The van der Waals surface area contributed by atoms with Crippen LogP contribution < -0.4 is 16.4 Å². The Kier molecular flexibility index (Phi) is 5.32. The highest BCUT2D eigenvalue weighted by Gasteiger charge is 2.14. The number of halogens is 2. The molecular weight excluding hydrogens is 399 g/mol. The largest absolute Gasteiger partial charge is 0.379 e. The number of benzene rings is 2. The molecular formula is C15H12BrFN4O4. The summed E-state index contributed by atoms with van der Waals surface area (Å²) >= 11 is 0. The Morgan fingerprint density at radius 2 is 1.80 bits per heavy atom. The van der Waals surface area contributed by atoms with Gasteiger partial charge in [0.25, 0.3) is 5.69 Å². The van der Waals surface area contributed by atoms with Crippen LogP contribution in [0.25, 0.3) is 11.0 Å². The normalized spacial score (nSPS) is 10.3. The lowest BCUT2D eigenvalue weighted by Gasteiger charge is -2.10. The molecule has 130 valence electrons. The molecule has 0 bridgehead atoms. The van der Waals surface area contributed by atoms with E-state index in [-0.39, 0.29) is 45.9 Å². The Morgan fingerprint density at radius 1 is 1.12 bits per heavy atom. The highest BCUT2D eigenvalue weighted by atomic mass is 79.9. The molecule has 0 atom stereocenters. The Morgan fingerprint density at radius 3 is 2.48 bits per heavy atom. The maximum atomic E-state index is 13.7. The maximum absolute atomic E-state index is 13.7. The monoisotopic (exact) mass is 410 g/mol. The van der Waals surface area contributed by atoms with E-state index >= 15 is 0 Å². The molecule has 0 aliphatic heterocycles. The van der Waals surface area contributed by atoms with Crippen molar-refractivity contribution >= 4 is 39.4 Å². The second-order valence-electron chi connectivity index (χ2n) is 5.03. The smallest absolute Gasteiger partial charge is 0.314 e. The molecule has 0 saturated heterocycles. The molecule has 0 fully saturated rings. The highest BCUT2D eigenvalue weighted by molar-refractivity contribution is 8.93. The summed E-state index contributed by atoms with van der Waals surface area (Å²) in [6.07, 6.45) is 0. The molecule has 3 N–H and O–H groups in total. The van der Waals surface area contributed by atoms with E-state index in [4.69, 9.17) is 0 Å². The minimum Gasteiger partial charge on any atom is -0.379 e. The van der Waals surface area contributed by atoms with Crippen LogP contribution in [0.2, 0.25) is 0 Å². The zero-order valence-corrected chi connectivity index (χ0v) is 14.3. The van der Waals surface area contributed by atoms with Gasteiger partial charge in [-0.1, -0.05) is 12.1 Å². The number of anilines is 1. The van der Waals surface area contributed by atoms with Crippen molar-refractivity contribution < 1.29 is 9.31 Å². The predicted molar refractivity (Wildman–Crippen MR) is 95.9 cm³/mol. The molecule has 0 saturated carbocycles. The number of nitro groups is 1. The lowest BCUT2D eigenvalue weighted by Crippen LogP contribution is -2.29. The van der Waals surface area contributed by atoms with Crippen LogP contribution in [0.1, 0.15) is 5.56 Å². The van der Waals surface area contributed by atoms with Gasteiger partial charge < -0.3 is 15.3 Å². The van der Waals surface area contributed by atoms with Crippen LogP contribution in [-0.4, -0.2) is 14.9 Å². The summed E-state index contributed by atoms with van der Waals surface area (Å²) in [6, 6.07) is 8.36. The summed E-state index contributed by atoms with van der Waals surface area (Å²) in [5.74, 6) is -0.478. The molecule has 0 aliphatic carbocycles. The maximum Gasteiger partial charge on any atom is 0.314 e. The molecule has 0 spiro atoms. The molecule has 3 aromatic rings. The molecule has 10 heteroatoms. The third-order valence-corrected chi connectivity index (χ3v) is 3.45. The molecule has 1 heterocycles. The van der Waals surface area contributed by atoms with Crippen molar-refractivity contribution in [2.45, 2.75) is 6.54 Å². The van der Waals surface area contributed by atoms with Gasteiger partial charge in [-0.25, -0.2) is 4.39 Å². The zero-order valence-electron chi connectivity index (χ0n) is 12.5. The molecule has 3 rings (SSSR count). The van der Waals surface area contributed by atoms with Crippen LogP contribution in [0.15, 0.2) is 46.0 Å². The minimum atomic E-state index is -0.906. The second kappa shape index (κ2) is 7.26. The van der Waals surface area contributed by atoms with Gasteiger partial charge >= 0.3 is 11.1 Å². The highest BCUT2D eigenvalue weighted by Crippen LogP contribution is 2.23. The third-order valence-electron chi connectivity index (χ3n) is 3.45.